The molecule has 1 aliphatic heterocycles. The Morgan fingerprint density at radius 1 is 1.33 bits per heavy atom. The van der Waals surface area contributed by atoms with Gasteiger partial charge >= 0.3 is 0 Å². The van der Waals surface area contributed by atoms with Crippen molar-refractivity contribution in [2.24, 2.45) is 4.40 Å². The third-order valence-electron chi connectivity index (χ3n) is 1.82. The molecule has 1 aromatic carbocycles. The summed E-state index contributed by atoms with van der Waals surface area (Å²) in [6.07, 6.45) is 0. The zero-order chi connectivity index (χ0) is 11.1. The molecule has 1 N–H and O–H groups in total. The number of amidine groups is 1. The number of carbonyl (C=O) groups is 1. The van der Waals surface area contributed by atoms with Gasteiger partial charge in [-0.15, -0.1) is 4.40 Å². The van der Waals surface area contributed by atoms with Crippen LogP contribution >= 0.6 is 11.6 Å². The van der Waals surface area contributed by atoms with Gasteiger partial charge in [0.25, 0.3) is 15.3 Å². The highest BCUT2D eigenvalue weighted by Gasteiger charge is 2.26. The van der Waals surface area contributed by atoms with Crippen molar-refractivity contribution >= 4 is 38.4 Å². The van der Waals surface area contributed by atoms with Crippen LogP contribution < -0.4 is 5.32 Å². The quantitative estimate of drug-likeness (QED) is 0.747. The fourth-order valence-corrected chi connectivity index (χ4v) is 2.45. The summed E-state index contributed by atoms with van der Waals surface area (Å²) in [4.78, 5) is 10.8. The lowest BCUT2D eigenvalue weighted by Gasteiger charge is -2.15. The molecule has 1 aliphatic rings. The minimum Gasteiger partial charge on any atom is -0.334 e. The van der Waals surface area contributed by atoms with Crippen molar-refractivity contribution in [2.75, 3.05) is 5.32 Å². The third kappa shape index (κ3) is 1.73. The van der Waals surface area contributed by atoms with Crippen molar-refractivity contribution in [2.45, 2.75) is 4.90 Å². The van der Waals surface area contributed by atoms with E-state index in [0.29, 0.717) is 5.69 Å². The van der Waals surface area contributed by atoms with E-state index in [1.807, 2.05) is 0 Å². The molecule has 15 heavy (non-hydrogen) atoms. The maximum atomic E-state index is 11.5. The van der Waals surface area contributed by atoms with Gasteiger partial charge in [-0.3, -0.25) is 4.79 Å². The maximum absolute atomic E-state index is 11.5. The average Bonchev–Trinajstić information content (AvgIpc) is 2.16. The minimum atomic E-state index is -3.82. The van der Waals surface area contributed by atoms with E-state index in [9.17, 15) is 13.2 Å². The number of carbonyl (C=O) groups excluding carboxylic acids is 1. The first-order valence-corrected chi connectivity index (χ1v) is 5.73. The van der Waals surface area contributed by atoms with E-state index >= 15 is 0 Å². The number of para-hydroxylation sites is 1. The van der Waals surface area contributed by atoms with E-state index in [4.69, 9.17) is 11.6 Å². The van der Waals surface area contributed by atoms with Crippen molar-refractivity contribution < 1.29 is 13.2 Å². The van der Waals surface area contributed by atoms with Crippen LogP contribution in [0.2, 0.25) is 0 Å². The van der Waals surface area contributed by atoms with Gasteiger partial charge < -0.3 is 5.32 Å². The van der Waals surface area contributed by atoms with E-state index in [1.54, 1.807) is 12.1 Å². The Balaban J connectivity index is 2.65. The number of anilines is 1. The lowest BCUT2D eigenvalue weighted by molar-refractivity contribution is -0.106. The smallest absolute Gasteiger partial charge is 0.288 e. The first-order valence-electron chi connectivity index (χ1n) is 3.91. The van der Waals surface area contributed by atoms with Gasteiger partial charge in [0.2, 0.25) is 5.84 Å². The van der Waals surface area contributed by atoms with Crippen LogP contribution in [0.4, 0.5) is 5.69 Å². The number of fused-ring (bicyclic) bond motifs is 1. The summed E-state index contributed by atoms with van der Waals surface area (Å²) in [5, 5.41) is 1.60. The molecule has 0 amide bonds. The highest BCUT2D eigenvalue weighted by molar-refractivity contribution is 7.90. The molecular weight excluding hydrogens is 240 g/mol. The lowest BCUT2D eigenvalue weighted by Crippen LogP contribution is -2.25. The van der Waals surface area contributed by atoms with Crippen LogP contribution in [0.3, 0.4) is 0 Å². The third-order valence-corrected chi connectivity index (χ3v) is 3.33. The van der Waals surface area contributed by atoms with Gasteiger partial charge in [-0.25, -0.2) is 0 Å². The van der Waals surface area contributed by atoms with Crippen molar-refractivity contribution in [3.63, 3.8) is 0 Å². The molecule has 1 heterocycles. The second-order valence-electron chi connectivity index (χ2n) is 2.81. The zero-order valence-electron chi connectivity index (χ0n) is 7.27. The van der Waals surface area contributed by atoms with Gasteiger partial charge in [-0.05, 0) is 23.7 Å². The molecule has 7 heteroatoms. The van der Waals surface area contributed by atoms with Crippen LogP contribution in [0.5, 0.6) is 0 Å². The summed E-state index contributed by atoms with van der Waals surface area (Å²) in [5.74, 6) is -0.379. The molecule has 0 aliphatic carbocycles. The topological polar surface area (TPSA) is 75.6 Å². The predicted molar refractivity (Wildman–Crippen MR) is 55.5 cm³/mol. The number of rotatable bonds is 1. The van der Waals surface area contributed by atoms with Crippen LogP contribution in [0.25, 0.3) is 0 Å². The Kier molecular flexibility index (Phi) is 2.24. The highest BCUT2D eigenvalue weighted by Crippen LogP contribution is 2.26. The Hall–Kier alpha value is -1.40. The van der Waals surface area contributed by atoms with E-state index in [-0.39, 0.29) is 10.7 Å². The van der Waals surface area contributed by atoms with Crippen molar-refractivity contribution in [3.05, 3.63) is 24.3 Å². The number of halogens is 1. The molecule has 0 aromatic heterocycles. The molecule has 0 atom stereocenters. The van der Waals surface area contributed by atoms with E-state index in [1.165, 1.54) is 12.1 Å². The molecule has 0 radical (unpaired) electrons. The van der Waals surface area contributed by atoms with Gasteiger partial charge in [0.15, 0.2) is 0 Å². The van der Waals surface area contributed by atoms with Gasteiger partial charge in [-0.2, -0.15) is 8.42 Å². The second-order valence-corrected chi connectivity index (χ2v) is 4.73. The first-order chi connectivity index (χ1) is 7.00. The fourth-order valence-electron chi connectivity index (χ4n) is 1.20. The normalized spacial score (nSPS) is 17.3. The Bertz CT molecular complexity index is 565. The Morgan fingerprint density at radius 2 is 2.00 bits per heavy atom. The maximum Gasteiger partial charge on any atom is 0.288 e. The van der Waals surface area contributed by atoms with Crippen LogP contribution in [0.15, 0.2) is 33.6 Å². The van der Waals surface area contributed by atoms with Crippen molar-refractivity contribution in [3.8, 4) is 0 Å². The second kappa shape index (κ2) is 3.32. The average molecular weight is 245 g/mol. The van der Waals surface area contributed by atoms with E-state index in [2.05, 4.69) is 9.71 Å². The van der Waals surface area contributed by atoms with E-state index in [0.717, 1.165) is 0 Å². The zero-order valence-corrected chi connectivity index (χ0v) is 8.84. The summed E-state index contributed by atoms with van der Waals surface area (Å²) in [5.41, 5.74) is 0.302. The molecule has 1 aromatic rings. The SMILES string of the molecule is O=C(Cl)C1=NS(=O)(=O)c2ccccc2N1. The molecule has 78 valence electrons. The van der Waals surface area contributed by atoms with Crippen molar-refractivity contribution in [1.29, 1.82) is 0 Å². The fraction of sp³-hybridized carbons (Fsp3) is 0. The number of benzene rings is 1. The lowest BCUT2D eigenvalue weighted by atomic mass is 10.3. The predicted octanol–water partition coefficient (Wildman–Crippen LogP) is 0.965. The molecule has 0 saturated carbocycles. The molecule has 0 unspecified atom stereocenters. The standard InChI is InChI=1S/C8H5ClN2O3S/c9-7(12)8-10-5-3-1-2-4-6(5)15(13,14)11-8/h1-4H,(H,10,11). The van der Waals surface area contributed by atoms with Crippen LogP contribution in [-0.2, 0) is 14.8 Å². The van der Waals surface area contributed by atoms with Crippen LogP contribution in [0, 0.1) is 0 Å². The number of sulfonamides is 1. The van der Waals surface area contributed by atoms with Crippen LogP contribution in [0.1, 0.15) is 0 Å². The summed E-state index contributed by atoms with van der Waals surface area (Å²) in [7, 11) is -3.82. The molecule has 0 saturated heterocycles. The number of hydrogen-bond acceptors (Lipinski definition) is 4. The number of nitrogens with one attached hydrogen (secondary N) is 1. The molecule has 2 rings (SSSR count). The van der Waals surface area contributed by atoms with Gasteiger partial charge in [0, 0.05) is 0 Å². The summed E-state index contributed by atoms with van der Waals surface area (Å²) < 4.78 is 26.4. The minimum absolute atomic E-state index is 0.0340. The van der Waals surface area contributed by atoms with E-state index < -0.39 is 15.3 Å². The molecule has 0 spiro atoms. The van der Waals surface area contributed by atoms with Gasteiger partial charge in [0.1, 0.15) is 4.90 Å². The summed E-state index contributed by atoms with van der Waals surface area (Å²) >= 11 is 5.15. The number of hydrogen-bond donors (Lipinski definition) is 1. The Labute approximate surface area is 90.8 Å². The summed E-state index contributed by atoms with van der Waals surface area (Å²) in [6.45, 7) is 0. The summed E-state index contributed by atoms with van der Waals surface area (Å²) in [6, 6.07) is 6.14. The molecule has 0 fully saturated rings. The largest absolute Gasteiger partial charge is 0.334 e. The first kappa shape index (κ1) is 10.1. The number of nitrogens with zero attached hydrogens (tertiary/aromatic N) is 1. The molecule has 0 bridgehead atoms. The van der Waals surface area contributed by atoms with Gasteiger partial charge in [-0.1, -0.05) is 12.1 Å². The highest BCUT2D eigenvalue weighted by atomic mass is 35.5. The molecular formula is C8H5ClN2O3S. The van der Waals surface area contributed by atoms with Crippen LogP contribution in [-0.4, -0.2) is 19.5 Å². The molecule has 5 nitrogen and oxygen atoms in total. The monoisotopic (exact) mass is 244 g/mol. The van der Waals surface area contributed by atoms with Gasteiger partial charge in [0.05, 0.1) is 5.69 Å². The van der Waals surface area contributed by atoms with Crippen molar-refractivity contribution in [1.82, 2.24) is 0 Å². The Morgan fingerprint density at radius 3 is 2.67 bits per heavy atom.